The summed E-state index contributed by atoms with van der Waals surface area (Å²) in [5.41, 5.74) is 0.742. The first-order valence-corrected chi connectivity index (χ1v) is 6.33. The van der Waals surface area contributed by atoms with Crippen LogP contribution in [0.4, 0.5) is 19.0 Å². The van der Waals surface area contributed by atoms with Gasteiger partial charge in [-0.1, -0.05) is 19.9 Å². The Hall–Kier alpha value is -1.30. The summed E-state index contributed by atoms with van der Waals surface area (Å²) in [6.07, 6.45) is -4.22. The molecule has 108 valence electrons. The highest BCUT2D eigenvalue weighted by Gasteiger charge is 2.30. The van der Waals surface area contributed by atoms with E-state index >= 15 is 0 Å². The highest BCUT2D eigenvalue weighted by molar-refractivity contribution is 5.39. The van der Waals surface area contributed by atoms with Gasteiger partial charge in [0.2, 0.25) is 0 Å². The second-order valence-corrected chi connectivity index (χ2v) is 4.65. The third-order valence-corrected chi connectivity index (χ3v) is 2.56. The van der Waals surface area contributed by atoms with Gasteiger partial charge in [-0.2, -0.15) is 13.2 Å². The van der Waals surface area contributed by atoms with E-state index in [9.17, 15) is 13.2 Å². The van der Waals surface area contributed by atoms with E-state index in [1.807, 2.05) is 13.8 Å². The zero-order chi connectivity index (χ0) is 14.5. The average Bonchev–Trinajstić information content (AvgIpc) is 2.32. The first-order chi connectivity index (χ1) is 8.81. The Labute approximate surface area is 111 Å². The van der Waals surface area contributed by atoms with Crippen LogP contribution >= 0.6 is 0 Å². The number of nitrogens with one attached hydrogen (secondary N) is 1. The smallest absolute Gasteiger partial charge is 0.348 e. The molecule has 0 bridgehead atoms. The SMILES string of the molecule is CCN(CC(F)(F)F)c1cccc(CNC(C)C)n1. The Kier molecular flexibility index (Phi) is 5.60. The standard InChI is InChI=1S/C13H20F3N3/c1-4-19(9-13(14,15)16)12-7-5-6-11(18-12)8-17-10(2)3/h5-7,10,17H,4,8-9H2,1-3H3. The highest BCUT2D eigenvalue weighted by Crippen LogP contribution is 2.20. The number of halogens is 3. The minimum absolute atomic E-state index is 0.271. The lowest BCUT2D eigenvalue weighted by Gasteiger charge is -2.23. The minimum Gasteiger partial charge on any atom is -0.348 e. The molecule has 0 radical (unpaired) electrons. The van der Waals surface area contributed by atoms with E-state index in [-0.39, 0.29) is 6.54 Å². The molecule has 0 unspecified atom stereocenters. The van der Waals surface area contributed by atoms with E-state index in [0.717, 1.165) is 5.69 Å². The van der Waals surface area contributed by atoms with E-state index in [0.29, 0.717) is 18.4 Å². The molecule has 1 rings (SSSR count). The fraction of sp³-hybridized carbons (Fsp3) is 0.615. The molecule has 0 aliphatic rings. The van der Waals surface area contributed by atoms with Crippen molar-refractivity contribution in [3.05, 3.63) is 23.9 Å². The van der Waals surface area contributed by atoms with Crippen LogP contribution in [0.2, 0.25) is 0 Å². The van der Waals surface area contributed by atoms with Crippen molar-refractivity contribution in [3.63, 3.8) is 0 Å². The lowest BCUT2D eigenvalue weighted by atomic mass is 10.3. The summed E-state index contributed by atoms with van der Waals surface area (Å²) in [6, 6.07) is 5.45. The van der Waals surface area contributed by atoms with Gasteiger partial charge in [0, 0.05) is 19.1 Å². The van der Waals surface area contributed by atoms with Gasteiger partial charge in [0.25, 0.3) is 0 Å². The summed E-state index contributed by atoms with van der Waals surface area (Å²) >= 11 is 0. The van der Waals surface area contributed by atoms with Gasteiger partial charge in [-0.15, -0.1) is 0 Å². The van der Waals surface area contributed by atoms with E-state index in [4.69, 9.17) is 0 Å². The van der Waals surface area contributed by atoms with Crippen molar-refractivity contribution >= 4 is 5.82 Å². The number of nitrogens with zero attached hydrogens (tertiary/aromatic N) is 2. The number of anilines is 1. The molecule has 1 heterocycles. The van der Waals surface area contributed by atoms with Gasteiger partial charge >= 0.3 is 6.18 Å². The van der Waals surface area contributed by atoms with Crippen LogP contribution in [0, 0.1) is 0 Å². The van der Waals surface area contributed by atoms with Gasteiger partial charge < -0.3 is 10.2 Å². The number of hydrogen-bond acceptors (Lipinski definition) is 3. The predicted octanol–water partition coefficient (Wildman–Crippen LogP) is 2.97. The molecule has 0 saturated heterocycles. The molecule has 0 spiro atoms. The van der Waals surface area contributed by atoms with Crippen LogP contribution in [0.1, 0.15) is 26.5 Å². The van der Waals surface area contributed by atoms with Crippen LogP contribution in [0.25, 0.3) is 0 Å². The van der Waals surface area contributed by atoms with Gasteiger partial charge in [0.1, 0.15) is 12.4 Å². The molecule has 0 aromatic carbocycles. The van der Waals surface area contributed by atoms with Gasteiger partial charge in [-0.3, -0.25) is 0 Å². The molecule has 0 aliphatic heterocycles. The molecule has 19 heavy (non-hydrogen) atoms. The van der Waals surface area contributed by atoms with Crippen LogP contribution in [0.3, 0.4) is 0 Å². The zero-order valence-electron chi connectivity index (χ0n) is 11.5. The van der Waals surface area contributed by atoms with E-state index in [1.54, 1.807) is 25.1 Å². The molecule has 0 saturated carbocycles. The van der Waals surface area contributed by atoms with Crippen LogP contribution in [0.15, 0.2) is 18.2 Å². The van der Waals surface area contributed by atoms with Crippen LogP contribution in [-0.2, 0) is 6.54 Å². The van der Waals surface area contributed by atoms with E-state index in [1.165, 1.54) is 4.90 Å². The molecular weight excluding hydrogens is 255 g/mol. The maximum absolute atomic E-state index is 12.5. The summed E-state index contributed by atoms with van der Waals surface area (Å²) in [4.78, 5) is 5.48. The monoisotopic (exact) mass is 275 g/mol. The second-order valence-electron chi connectivity index (χ2n) is 4.65. The van der Waals surface area contributed by atoms with Crippen molar-refractivity contribution in [3.8, 4) is 0 Å². The van der Waals surface area contributed by atoms with Gasteiger partial charge in [-0.05, 0) is 19.1 Å². The molecule has 1 N–H and O–H groups in total. The van der Waals surface area contributed by atoms with E-state index < -0.39 is 12.7 Å². The molecule has 3 nitrogen and oxygen atoms in total. The average molecular weight is 275 g/mol. The summed E-state index contributed by atoms with van der Waals surface area (Å²) in [5, 5.41) is 3.19. The number of pyridine rings is 1. The molecule has 1 aromatic heterocycles. The molecule has 6 heteroatoms. The molecule has 0 aliphatic carbocycles. The third-order valence-electron chi connectivity index (χ3n) is 2.56. The molecule has 1 aromatic rings. The number of rotatable bonds is 6. The number of hydrogen-bond donors (Lipinski definition) is 1. The van der Waals surface area contributed by atoms with Gasteiger partial charge in [0.05, 0.1) is 5.69 Å². The Morgan fingerprint density at radius 2 is 2.00 bits per heavy atom. The zero-order valence-corrected chi connectivity index (χ0v) is 11.5. The fourth-order valence-corrected chi connectivity index (χ4v) is 1.62. The summed E-state index contributed by atoms with van der Waals surface area (Å²) in [6.45, 7) is 5.55. The highest BCUT2D eigenvalue weighted by atomic mass is 19.4. The van der Waals surface area contributed by atoms with Crippen molar-refractivity contribution in [1.82, 2.24) is 10.3 Å². The Bertz CT molecular complexity index is 391. The summed E-state index contributed by atoms with van der Waals surface area (Å²) < 4.78 is 37.4. The summed E-state index contributed by atoms with van der Waals surface area (Å²) in [7, 11) is 0. The number of alkyl halides is 3. The first kappa shape index (κ1) is 15.8. The largest absolute Gasteiger partial charge is 0.405 e. The lowest BCUT2D eigenvalue weighted by Crippen LogP contribution is -2.34. The topological polar surface area (TPSA) is 28.2 Å². The maximum Gasteiger partial charge on any atom is 0.405 e. The summed E-state index contributed by atoms with van der Waals surface area (Å²) in [5.74, 6) is 0.364. The van der Waals surface area contributed by atoms with E-state index in [2.05, 4.69) is 10.3 Å². The van der Waals surface area contributed by atoms with Crippen molar-refractivity contribution in [1.29, 1.82) is 0 Å². The van der Waals surface area contributed by atoms with Crippen molar-refractivity contribution in [2.45, 2.75) is 39.5 Å². The second kappa shape index (κ2) is 6.75. The molecular formula is C13H20F3N3. The Morgan fingerprint density at radius 1 is 1.32 bits per heavy atom. The normalized spacial score (nSPS) is 11.9. The van der Waals surface area contributed by atoms with Gasteiger partial charge in [-0.25, -0.2) is 4.98 Å². The predicted molar refractivity (Wildman–Crippen MR) is 70.2 cm³/mol. The van der Waals surface area contributed by atoms with Crippen LogP contribution in [-0.4, -0.2) is 30.3 Å². The first-order valence-electron chi connectivity index (χ1n) is 6.33. The number of aromatic nitrogens is 1. The minimum atomic E-state index is -4.22. The van der Waals surface area contributed by atoms with Crippen molar-refractivity contribution in [2.24, 2.45) is 0 Å². The Balaban J connectivity index is 2.78. The molecule has 0 atom stereocenters. The van der Waals surface area contributed by atoms with Crippen LogP contribution < -0.4 is 10.2 Å². The maximum atomic E-state index is 12.5. The van der Waals surface area contributed by atoms with Crippen LogP contribution in [0.5, 0.6) is 0 Å². The van der Waals surface area contributed by atoms with Crippen molar-refractivity contribution < 1.29 is 13.2 Å². The van der Waals surface area contributed by atoms with Crippen molar-refractivity contribution in [2.75, 3.05) is 18.0 Å². The Morgan fingerprint density at radius 3 is 2.53 bits per heavy atom. The fourth-order valence-electron chi connectivity index (χ4n) is 1.62. The third kappa shape index (κ3) is 5.92. The lowest BCUT2D eigenvalue weighted by molar-refractivity contribution is -0.119. The molecule has 0 amide bonds. The molecule has 0 fully saturated rings. The quantitative estimate of drug-likeness (QED) is 0.865. The van der Waals surface area contributed by atoms with Gasteiger partial charge in [0.15, 0.2) is 0 Å².